The first-order chi connectivity index (χ1) is 11.9. The Morgan fingerprint density at radius 1 is 1.12 bits per heavy atom. The molecule has 134 valence electrons. The van der Waals surface area contributed by atoms with E-state index >= 15 is 0 Å². The van der Waals surface area contributed by atoms with E-state index in [1.54, 1.807) is 0 Å². The Kier molecular flexibility index (Phi) is 6.17. The van der Waals surface area contributed by atoms with Crippen LogP contribution in [0.1, 0.15) is 15.9 Å². The summed E-state index contributed by atoms with van der Waals surface area (Å²) >= 11 is 0. The van der Waals surface area contributed by atoms with Gasteiger partial charge in [0.25, 0.3) is 5.91 Å². The van der Waals surface area contributed by atoms with Gasteiger partial charge in [-0.3, -0.25) is 4.79 Å². The molecule has 0 atom stereocenters. The van der Waals surface area contributed by atoms with Crippen LogP contribution in [0.25, 0.3) is 0 Å². The van der Waals surface area contributed by atoms with Crippen LogP contribution in [0.15, 0.2) is 53.4 Å². The summed E-state index contributed by atoms with van der Waals surface area (Å²) in [5.74, 6) is -0.0431. The smallest absolute Gasteiger partial charge is 0.255 e. The first-order valence-corrected chi connectivity index (χ1v) is 9.23. The van der Waals surface area contributed by atoms with Crippen molar-refractivity contribution < 1.29 is 17.9 Å². The molecule has 0 aromatic heterocycles. The lowest BCUT2D eigenvalue weighted by atomic mass is 10.1. The summed E-state index contributed by atoms with van der Waals surface area (Å²) in [6.07, 6.45) is 0.685. The quantitative estimate of drug-likeness (QED) is 0.816. The lowest BCUT2D eigenvalue weighted by Crippen LogP contribution is -2.27. The fourth-order valence-corrected chi connectivity index (χ4v) is 3.22. The van der Waals surface area contributed by atoms with Crippen LogP contribution in [0.3, 0.4) is 0 Å². The van der Waals surface area contributed by atoms with Crippen molar-refractivity contribution in [1.29, 1.82) is 0 Å². The molecule has 0 aliphatic heterocycles. The van der Waals surface area contributed by atoms with Crippen LogP contribution in [0.5, 0.6) is 5.75 Å². The van der Waals surface area contributed by atoms with Gasteiger partial charge in [-0.15, -0.1) is 0 Å². The lowest BCUT2D eigenvalue weighted by molar-refractivity contribution is 0.0951. The number of amides is 1. The van der Waals surface area contributed by atoms with Crippen LogP contribution in [0.4, 0.5) is 0 Å². The molecule has 25 heavy (non-hydrogen) atoms. The Bertz CT molecular complexity index is 833. The lowest BCUT2D eigenvalue weighted by Gasteiger charge is -2.14. The number of hydrogen-bond donors (Lipinski definition) is 1. The van der Waals surface area contributed by atoms with E-state index in [9.17, 15) is 13.2 Å². The number of rotatable bonds is 7. The summed E-state index contributed by atoms with van der Waals surface area (Å²) in [6.45, 7) is 0.441. The molecule has 0 bridgehead atoms. The monoisotopic (exact) mass is 362 g/mol. The minimum absolute atomic E-state index is 0.0477. The highest BCUT2D eigenvalue weighted by Crippen LogP contribution is 2.23. The summed E-state index contributed by atoms with van der Waals surface area (Å²) in [7, 11) is 0.704. The second-order valence-electron chi connectivity index (χ2n) is 5.64. The third-order valence-electron chi connectivity index (χ3n) is 3.74. The highest BCUT2D eigenvalue weighted by Gasteiger charge is 2.21. The van der Waals surface area contributed by atoms with Crippen molar-refractivity contribution in [2.45, 2.75) is 11.3 Å². The molecule has 2 aromatic carbocycles. The van der Waals surface area contributed by atoms with Gasteiger partial charge in [-0.1, -0.05) is 30.3 Å². The van der Waals surface area contributed by atoms with E-state index in [1.165, 1.54) is 39.4 Å². The SMILES string of the molecule is COc1ccc(S(=O)(=O)N(C)C)cc1C(=O)NCCc1ccccc1. The van der Waals surface area contributed by atoms with Gasteiger partial charge in [-0.2, -0.15) is 0 Å². The Balaban J connectivity index is 2.17. The standard InChI is InChI=1S/C18H22N2O4S/c1-20(2)25(22,23)15-9-10-17(24-3)16(13-15)18(21)19-12-11-14-7-5-4-6-8-14/h4-10,13H,11-12H2,1-3H3,(H,19,21). The van der Waals surface area contributed by atoms with Crippen molar-refractivity contribution in [2.75, 3.05) is 27.7 Å². The molecule has 0 unspecified atom stereocenters. The fourth-order valence-electron chi connectivity index (χ4n) is 2.30. The second kappa shape index (κ2) is 8.13. The van der Waals surface area contributed by atoms with Gasteiger partial charge in [0, 0.05) is 20.6 Å². The van der Waals surface area contributed by atoms with Crippen molar-refractivity contribution in [1.82, 2.24) is 9.62 Å². The second-order valence-corrected chi connectivity index (χ2v) is 7.79. The van der Waals surface area contributed by atoms with E-state index in [1.807, 2.05) is 30.3 Å². The zero-order valence-electron chi connectivity index (χ0n) is 14.5. The van der Waals surface area contributed by atoms with E-state index in [4.69, 9.17) is 4.74 Å². The Morgan fingerprint density at radius 3 is 2.40 bits per heavy atom. The van der Waals surface area contributed by atoms with Crippen LogP contribution in [0.2, 0.25) is 0 Å². The number of ether oxygens (including phenoxy) is 1. The van der Waals surface area contributed by atoms with Crippen molar-refractivity contribution in [3.8, 4) is 5.75 Å². The molecular formula is C18H22N2O4S. The van der Waals surface area contributed by atoms with E-state index in [0.717, 1.165) is 9.87 Å². The predicted molar refractivity (Wildman–Crippen MR) is 96.3 cm³/mol. The van der Waals surface area contributed by atoms with E-state index in [0.29, 0.717) is 18.7 Å². The molecule has 2 aromatic rings. The summed E-state index contributed by atoms with van der Waals surface area (Å²) < 4.78 is 30.8. The van der Waals surface area contributed by atoms with Crippen LogP contribution >= 0.6 is 0 Å². The summed E-state index contributed by atoms with van der Waals surface area (Å²) in [4.78, 5) is 12.5. The number of nitrogens with one attached hydrogen (secondary N) is 1. The van der Waals surface area contributed by atoms with Gasteiger partial charge in [0.05, 0.1) is 17.6 Å². The van der Waals surface area contributed by atoms with Crippen molar-refractivity contribution in [2.24, 2.45) is 0 Å². The summed E-state index contributed by atoms with van der Waals surface area (Å²) in [5.41, 5.74) is 1.30. The highest BCUT2D eigenvalue weighted by molar-refractivity contribution is 7.89. The van der Waals surface area contributed by atoms with Gasteiger partial charge >= 0.3 is 0 Å². The van der Waals surface area contributed by atoms with E-state index in [-0.39, 0.29) is 16.4 Å². The average molecular weight is 362 g/mol. The zero-order chi connectivity index (χ0) is 18.4. The van der Waals surface area contributed by atoms with Crippen LogP contribution in [-0.2, 0) is 16.4 Å². The Hall–Kier alpha value is -2.38. The van der Waals surface area contributed by atoms with Crippen LogP contribution < -0.4 is 10.1 Å². The molecular weight excluding hydrogens is 340 g/mol. The Morgan fingerprint density at radius 2 is 1.80 bits per heavy atom. The molecule has 7 heteroatoms. The van der Waals surface area contributed by atoms with Gasteiger partial charge in [0.15, 0.2) is 0 Å². The molecule has 0 heterocycles. The number of carbonyl (C=O) groups excluding carboxylic acids is 1. The van der Waals surface area contributed by atoms with Gasteiger partial charge in [-0.05, 0) is 30.2 Å². The topological polar surface area (TPSA) is 75.7 Å². The number of nitrogens with zero attached hydrogens (tertiary/aromatic N) is 1. The molecule has 1 N–H and O–H groups in total. The molecule has 0 radical (unpaired) electrons. The van der Waals surface area contributed by atoms with Gasteiger partial charge in [0.2, 0.25) is 10.0 Å². The normalized spacial score (nSPS) is 11.4. The number of benzene rings is 2. The maximum atomic E-state index is 12.5. The maximum Gasteiger partial charge on any atom is 0.255 e. The minimum atomic E-state index is -3.62. The van der Waals surface area contributed by atoms with Crippen LogP contribution in [0, 0.1) is 0 Å². The number of sulfonamides is 1. The highest BCUT2D eigenvalue weighted by atomic mass is 32.2. The molecule has 0 saturated carbocycles. The minimum Gasteiger partial charge on any atom is -0.496 e. The summed E-state index contributed by atoms with van der Waals surface area (Å²) in [6, 6.07) is 14.0. The number of hydrogen-bond acceptors (Lipinski definition) is 4. The molecule has 0 fully saturated rings. The molecule has 2 rings (SSSR count). The van der Waals surface area contributed by atoms with Crippen molar-refractivity contribution >= 4 is 15.9 Å². The van der Waals surface area contributed by atoms with E-state index < -0.39 is 10.0 Å². The zero-order valence-corrected chi connectivity index (χ0v) is 15.3. The third kappa shape index (κ3) is 4.58. The average Bonchev–Trinajstić information content (AvgIpc) is 2.61. The largest absolute Gasteiger partial charge is 0.496 e. The first-order valence-electron chi connectivity index (χ1n) is 7.79. The molecule has 0 aliphatic carbocycles. The van der Waals surface area contributed by atoms with Crippen molar-refractivity contribution in [3.63, 3.8) is 0 Å². The van der Waals surface area contributed by atoms with Crippen molar-refractivity contribution in [3.05, 3.63) is 59.7 Å². The molecule has 0 saturated heterocycles. The van der Waals surface area contributed by atoms with Gasteiger partial charge in [-0.25, -0.2) is 12.7 Å². The number of methoxy groups -OCH3 is 1. The van der Waals surface area contributed by atoms with Gasteiger partial charge in [0.1, 0.15) is 5.75 Å². The maximum absolute atomic E-state index is 12.5. The molecule has 1 amide bonds. The van der Waals surface area contributed by atoms with Crippen LogP contribution in [-0.4, -0.2) is 46.4 Å². The van der Waals surface area contributed by atoms with Gasteiger partial charge < -0.3 is 10.1 Å². The first kappa shape index (κ1) is 19.0. The molecule has 0 aliphatic rings. The number of carbonyl (C=O) groups is 1. The fraction of sp³-hybridized carbons (Fsp3) is 0.278. The molecule has 0 spiro atoms. The predicted octanol–water partition coefficient (Wildman–Crippen LogP) is 1.92. The summed E-state index contributed by atoms with van der Waals surface area (Å²) in [5, 5.41) is 2.80. The van der Waals surface area contributed by atoms with E-state index in [2.05, 4.69) is 5.32 Å². The molecule has 6 nitrogen and oxygen atoms in total. The Labute approximate surface area is 148 Å². The third-order valence-corrected chi connectivity index (χ3v) is 5.55.